The van der Waals surface area contributed by atoms with E-state index >= 15 is 0 Å². The molecule has 5 rings (SSSR count). The van der Waals surface area contributed by atoms with Crippen LogP contribution in [-0.4, -0.2) is 40.1 Å². The molecule has 1 atom stereocenters. The SMILES string of the molecule is COc1cc(/C=C2\O[C@@H](C)CN(C3(c4ccc(F)cc4)CC3)C2=O)ccc1-n1cnc(C)c1. The fourth-order valence-electron chi connectivity index (χ4n) is 4.54. The van der Waals surface area contributed by atoms with Gasteiger partial charge in [0.25, 0.3) is 5.91 Å². The lowest BCUT2D eigenvalue weighted by Gasteiger charge is -2.39. The smallest absolute Gasteiger partial charge is 0.289 e. The standard InChI is InChI=1S/C26H26FN3O3/c1-17-14-29(16-28-17)22-9-4-19(12-23(22)32-3)13-24-25(31)30(15-18(2)33-24)26(10-11-26)20-5-7-21(27)8-6-20/h4-9,12-14,16,18H,10-11,15H2,1-3H3/b24-13-/t18-/m0/s1. The van der Waals surface area contributed by atoms with E-state index in [4.69, 9.17) is 9.47 Å². The number of amides is 1. The number of carbonyl (C=O) groups excluding carboxylic acids is 1. The van der Waals surface area contributed by atoms with Crippen LogP contribution in [0.2, 0.25) is 0 Å². The van der Waals surface area contributed by atoms with Gasteiger partial charge in [0.15, 0.2) is 5.76 Å². The summed E-state index contributed by atoms with van der Waals surface area (Å²) in [7, 11) is 1.62. The van der Waals surface area contributed by atoms with E-state index in [0.29, 0.717) is 18.1 Å². The van der Waals surface area contributed by atoms with Crippen LogP contribution in [-0.2, 0) is 15.1 Å². The third kappa shape index (κ3) is 3.88. The van der Waals surface area contributed by atoms with Crippen LogP contribution in [0.3, 0.4) is 0 Å². The van der Waals surface area contributed by atoms with Crippen LogP contribution in [0.15, 0.2) is 60.7 Å². The molecule has 2 heterocycles. The fourth-order valence-corrected chi connectivity index (χ4v) is 4.54. The predicted molar refractivity (Wildman–Crippen MR) is 122 cm³/mol. The van der Waals surface area contributed by atoms with Crippen molar-refractivity contribution in [1.29, 1.82) is 0 Å². The van der Waals surface area contributed by atoms with Crippen molar-refractivity contribution in [2.45, 2.75) is 38.3 Å². The number of halogens is 1. The van der Waals surface area contributed by atoms with Crippen LogP contribution in [0.5, 0.6) is 5.75 Å². The highest BCUT2D eigenvalue weighted by Gasteiger charge is 2.53. The lowest BCUT2D eigenvalue weighted by molar-refractivity contribution is -0.143. The van der Waals surface area contributed by atoms with Crippen molar-refractivity contribution in [3.8, 4) is 11.4 Å². The van der Waals surface area contributed by atoms with Gasteiger partial charge in [0.05, 0.1) is 36.9 Å². The summed E-state index contributed by atoms with van der Waals surface area (Å²) in [6, 6.07) is 12.2. The van der Waals surface area contributed by atoms with Crippen LogP contribution in [0.1, 0.15) is 36.6 Å². The summed E-state index contributed by atoms with van der Waals surface area (Å²) in [5.74, 6) is 0.540. The van der Waals surface area contributed by atoms with Crippen molar-refractivity contribution >= 4 is 12.0 Å². The number of morpholine rings is 1. The maximum atomic E-state index is 13.5. The Hall–Kier alpha value is -3.61. The second-order valence-corrected chi connectivity index (χ2v) is 8.74. The summed E-state index contributed by atoms with van der Waals surface area (Å²) in [4.78, 5) is 19.6. The third-order valence-corrected chi connectivity index (χ3v) is 6.34. The molecule has 2 aliphatic rings. The molecule has 0 unspecified atom stereocenters. The number of rotatable bonds is 5. The minimum atomic E-state index is -0.386. The van der Waals surface area contributed by atoms with E-state index in [-0.39, 0.29) is 23.4 Å². The first-order chi connectivity index (χ1) is 15.9. The van der Waals surface area contributed by atoms with Crippen molar-refractivity contribution in [2.24, 2.45) is 0 Å². The Kier molecular flexibility index (Phi) is 5.19. The van der Waals surface area contributed by atoms with Crippen molar-refractivity contribution < 1.29 is 18.7 Å². The minimum Gasteiger partial charge on any atom is -0.495 e. The molecule has 7 heteroatoms. The van der Waals surface area contributed by atoms with Gasteiger partial charge >= 0.3 is 0 Å². The monoisotopic (exact) mass is 447 g/mol. The van der Waals surface area contributed by atoms with Gasteiger partial charge in [-0.1, -0.05) is 18.2 Å². The van der Waals surface area contributed by atoms with Crippen molar-refractivity contribution in [3.63, 3.8) is 0 Å². The molecule has 0 N–H and O–H groups in total. The molecule has 6 nitrogen and oxygen atoms in total. The lowest BCUT2D eigenvalue weighted by Crippen LogP contribution is -2.49. The molecule has 1 aliphatic heterocycles. The molecule has 3 aromatic rings. The van der Waals surface area contributed by atoms with Crippen molar-refractivity contribution in [2.75, 3.05) is 13.7 Å². The molecular formula is C26H26FN3O3. The minimum absolute atomic E-state index is 0.150. The lowest BCUT2D eigenvalue weighted by atomic mass is 10.0. The first-order valence-corrected chi connectivity index (χ1v) is 11.0. The van der Waals surface area contributed by atoms with Gasteiger partial charge in [0, 0.05) is 6.20 Å². The summed E-state index contributed by atoms with van der Waals surface area (Å²) < 4.78 is 26.9. The quantitative estimate of drug-likeness (QED) is 0.536. The van der Waals surface area contributed by atoms with Crippen LogP contribution in [0.4, 0.5) is 4.39 Å². The number of methoxy groups -OCH3 is 1. The third-order valence-electron chi connectivity index (χ3n) is 6.34. The molecule has 170 valence electrons. The van der Waals surface area contributed by atoms with E-state index in [2.05, 4.69) is 4.98 Å². The fraction of sp³-hybridized carbons (Fsp3) is 0.308. The molecule has 1 amide bonds. The molecule has 0 bridgehead atoms. The number of benzene rings is 2. The maximum Gasteiger partial charge on any atom is 0.289 e. The van der Waals surface area contributed by atoms with Gasteiger partial charge in [0.1, 0.15) is 17.7 Å². The van der Waals surface area contributed by atoms with Gasteiger partial charge in [0.2, 0.25) is 0 Å². The average Bonchev–Trinajstić information content (AvgIpc) is 3.50. The second-order valence-electron chi connectivity index (χ2n) is 8.74. The highest BCUT2D eigenvalue weighted by molar-refractivity contribution is 5.97. The molecule has 1 saturated carbocycles. The normalized spacial score (nSPS) is 20.6. The summed E-state index contributed by atoms with van der Waals surface area (Å²) >= 11 is 0. The van der Waals surface area contributed by atoms with Gasteiger partial charge in [-0.25, -0.2) is 9.37 Å². The largest absolute Gasteiger partial charge is 0.495 e. The molecule has 1 saturated heterocycles. The number of aryl methyl sites for hydroxylation is 1. The topological polar surface area (TPSA) is 56.6 Å². The molecule has 0 radical (unpaired) electrons. The van der Waals surface area contributed by atoms with Crippen LogP contribution in [0.25, 0.3) is 11.8 Å². The zero-order chi connectivity index (χ0) is 23.2. The van der Waals surface area contributed by atoms with Crippen LogP contribution < -0.4 is 4.74 Å². The number of carbonyl (C=O) groups is 1. The van der Waals surface area contributed by atoms with E-state index in [0.717, 1.165) is 35.3 Å². The highest BCUT2D eigenvalue weighted by Crippen LogP contribution is 2.52. The van der Waals surface area contributed by atoms with Gasteiger partial charge in [-0.05, 0) is 68.2 Å². The molecule has 33 heavy (non-hydrogen) atoms. The molecular weight excluding hydrogens is 421 g/mol. The van der Waals surface area contributed by atoms with Gasteiger partial charge < -0.3 is 18.9 Å². The van der Waals surface area contributed by atoms with Gasteiger partial charge in [-0.2, -0.15) is 0 Å². The van der Waals surface area contributed by atoms with Crippen LogP contribution in [0, 0.1) is 12.7 Å². The molecule has 2 fully saturated rings. The zero-order valence-corrected chi connectivity index (χ0v) is 18.9. The Bertz CT molecular complexity index is 1230. The Morgan fingerprint density at radius 3 is 2.61 bits per heavy atom. The molecule has 1 aromatic heterocycles. The second kappa shape index (κ2) is 8.06. The average molecular weight is 448 g/mol. The number of nitrogens with zero attached hydrogens (tertiary/aromatic N) is 3. The highest BCUT2D eigenvalue weighted by atomic mass is 19.1. The molecule has 1 aliphatic carbocycles. The van der Waals surface area contributed by atoms with Crippen molar-refractivity contribution in [1.82, 2.24) is 14.5 Å². The summed E-state index contributed by atoms with van der Waals surface area (Å²) in [5, 5.41) is 0. The Labute approximate surface area is 192 Å². The first-order valence-electron chi connectivity index (χ1n) is 11.0. The Morgan fingerprint density at radius 2 is 1.97 bits per heavy atom. The summed E-state index contributed by atoms with van der Waals surface area (Å²) in [5.41, 5.74) is 3.15. The first kappa shape index (κ1) is 21.2. The van der Waals surface area contributed by atoms with E-state index < -0.39 is 0 Å². The van der Waals surface area contributed by atoms with E-state index in [1.54, 1.807) is 31.6 Å². The maximum absolute atomic E-state index is 13.5. The number of ether oxygens (including phenoxy) is 2. The van der Waals surface area contributed by atoms with Crippen molar-refractivity contribution in [3.05, 3.63) is 83.4 Å². The Balaban J connectivity index is 1.46. The van der Waals surface area contributed by atoms with Gasteiger partial charge in [-0.3, -0.25) is 4.79 Å². The summed E-state index contributed by atoms with van der Waals surface area (Å²) in [6.07, 6.45) is 6.99. The zero-order valence-electron chi connectivity index (χ0n) is 18.9. The van der Waals surface area contributed by atoms with E-state index in [9.17, 15) is 9.18 Å². The van der Waals surface area contributed by atoms with Crippen LogP contribution >= 0.6 is 0 Å². The summed E-state index contributed by atoms with van der Waals surface area (Å²) in [6.45, 7) is 4.38. The Morgan fingerprint density at radius 1 is 1.21 bits per heavy atom. The van der Waals surface area contributed by atoms with E-state index in [1.165, 1.54) is 12.1 Å². The number of aromatic nitrogens is 2. The number of imidazole rings is 1. The number of hydrogen-bond acceptors (Lipinski definition) is 4. The van der Waals surface area contributed by atoms with E-state index in [1.807, 2.05) is 47.7 Å². The predicted octanol–water partition coefficient (Wildman–Crippen LogP) is 4.61. The molecule has 2 aromatic carbocycles. The van der Waals surface area contributed by atoms with Gasteiger partial charge in [-0.15, -0.1) is 0 Å². The molecule has 0 spiro atoms. The number of hydrogen-bond donors (Lipinski definition) is 0.